The number of nitrogens with one attached hydrogen (secondary N) is 1. The highest BCUT2D eigenvalue weighted by atomic mass is 32.1. The Bertz CT molecular complexity index is 337. The molecule has 1 N–H and O–H groups in total. The van der Waals surface area contributed by atoms with E-state index in [2.05, 4.69) is 34.6 Å². The predicted molar refractivity (Wildman–Crippen MR) is 73.7 cm³/mol. The lowest BCUT2D eigenvalue weighted by molar-refractivity contribution is 0.182. The molecule has 1 aromatic heterocycles. The van der Waals surface area contributed by atoms with Gasteiger partial charge in [-0.05, 0) is 33.4 Å². The second kappa shape index (κ2) is 6.47. The first-order valence-corrected chi connectivity index (χ1v) is 7.45. The van der Waals surface area contributed by atoms with Crippen LogP contribution in [0.2, 0.25) is 0 Å². The maximum atomic E-state index is 4.48. The summed E-state index contributed by atoms with van der Waals surface area (Å²) in [6, 6.07) is 0.738. The Labute approximate surface area is 108 Å². The van der Waals surface area contributed by atoms with Crippen LogP contribution in [0.5, 0.6) is 0 Å². The van der Waals surface area contributed by atoms with Crippen LogP contribution in [-0.4, -0.2) is 42.6 Å². The number of likely N-dealkylation sites (tertiary alicyclic amines) is 1. The number of piperidine rings is 1. The minimum Gasteiger partial charge on any atom is -0.315 e. The minimum absolute atomic E-state index is 0.738. The van der Waals surface area contributed by atoms with E-state index in [4.69, 9.17) is 0 Å². The Kier molecular flexibility index (Phi) is 4.95. The molecule has 0 saturated carbocycles. The molecule has 1 unspecified atom stereocenters. The first-order valence-electron chi connectivity index (χ1n) is 6.57. The summed E-state index contributed by atoms with van der Waals surface area (Å²) in [5, 5.41) is 6.95. The molecule has 0 bridgehead atoms. The molecule has 2 heterocycles. The van der Waals surface area contributed by atoms with E-state index in [0.29, 0.717) is 0 Å². The largest absolute Gasteiger partial charge is 0.315 e. The number of rotatable bonds is 5. The molecule has 2 rings (SSSR count). The second-order valence-electron chi connectivity index (χ2n) is 4.97. The molecule has 1 fully saturated rings. The van der Waals surface area contributed by atoms with Gasteiger partial charge in [-0.15, -0.1) is 11.3 Å². The fraction of sp³-hybridized carbons (Fsp3) is 0.769. The predicted octanol–water partition coefficient (Wildman–Crippen LogP) is 2.07. The molecule has 17 heavy (non-hydrogen) atoms. The lowest BCUT2D eigenvalue weighted by atomic mass is 10.0. The van der Waals surface area contributed by atoms with Gasteiger partial charge in [0.25, 0.3) is 0 Å². The maximum Gasteiger partial charge on any atom is 0.0940 e. The van der Waals surface area contributed by atoms with E-state index >= 15 is 0 Å². The molecule has 1 aliphatic rings. The highest BCUT2D eigenvalue weighted by molar-refractivity contribution is 7.09. The van der Waals surface area contributed by atoms with Gasteiger partial charge in [-0.1, -0.05) is 6.42 Å². The monoisotopic (exact) mass is 253 g/mol. The Morgan fingerprint density at radius 1 is 1.53 bits per heavy atom. The van der Waals surface area contributed by atoms with Gasteiger partial charge in [0, 0.05) is 36.6 Å². The summed E-state index contributed by atoms with van der Waals surface area (Å²) in [5.41, 5.74) is 1.15. The van der Waals surface area contributed by atoms with Crippen LogP contribution in [0.25, 0.3) is 0 Å². The van der Waals surface area contributed by atoms with Gasteiger partial charge in [0.1, 0.15) is 0 Å². The van der Waals surface area contributed by atoms with Crippen molar-refractivity contribution in [2.75, 3.05) is 26.7 Å². The van der Waals surface area contributed by atoms with Crippen molar-refractivity contribution in [3.8, 4) is 0 Å². The first kappa shape index (κ1) is 13.0. The average Bonchev–Trinajstić information content (AvgIpc) is 2.73. The standard InChI is InChI=1S/C13H23N3S/c1-11-10-17-13(15-11)6-7-14-9-12-5-3-4-8-16(12)2/h10,12,14H,3-9H2,1-2H3. The third-order valence-corrected chi connectivity index (χ3v) is 4.51. The van der Waals surface area contributed by atoms with Crippen LogP contribution in [0.15, 0.2) is 5.38 Å². The molecule has 96 valence electrons. The Balaban J connectivity index is 1.62. The number of hydrogen-bond donors (Lipinski definition) is 1. The van der Waals surface area contributed by atoms with Crippen LogP contribution >= 0.6 is 11.3 Å². The second-order valence-corrected chi connectivity index (χ2v) is 5.91. The first-order chi connectivity index (χ1) is 8.25. The van der Waals surface area contributed by atoms with Gasteiger partial charge >= 0.3 is 0 Å². The summed E-state index contributed by atoms with van der Waals surface area (Å²) < 4.78 is 0. The van der Waals surface area contributed by atoms with Crippen LogP contribution in [0.4, 0.5) is 0 Å². The van der Waals surface area contributed by atoms with Crippen molar-refractivity contribution in [1.82, 2.24) is 15.2 Å². The van der Waals surface area contributed by atoms with E-state index in [1.807, 2.05) is 0 Å². The van der Waals surface area contributed by atoms with E-state index in [0.717, 1.165) is 31.2 Å². The summed E-state index contributed by atoms with van der Waals surface area (Å²) >= 11 is 1.77. The average molecular weight is 253 g/mol. The molecule has 0 aromatic carbocycles. The van der Waals surface area contributed by atoms with Gasteiger partial charge in [0.15, 0.2) is 0 Å². The molecule has 3 nitrogen and oxygen atoms in total. The Morgan fingerprint density at radius 3 is 3.12 bits per heavy atom. The van der Waals surface area contributed by atoms with E-state index in [-0.39, 0.29) is 0 Å². The van der Waals surface area contributed by atoms with Gasteiger partial charge in [-0.25, -0.2) is 4.98 Å². The van der Waals surface area contributed by atoms with Crippen molar-refractivity contribution in [2.45, 2.75) is 38.6 Å². The van der Waals surface area contributed by atoms with Crippen molar-refractivity contribution < 1.29 is 0 Å². The van der Waals surface area contributed by atoms with Crippen LogP contribution in [0.1, 0.15) is 30.0 Å². The zero-order valence-corrected chi connectivity index (χ0v) is 11.7. The Hall–Kier alpha value is -0.450. The van der Waals surface area contributed by atoms with Crippen molar-refractivity contribution in [1.29, 1.82) is 0 Å². The molecule has 1 saturated heterocycles. The van der Waals surface area contributed by atoms with E-state index in [9.17, 15) is 0 Å². The normalized spacial score (nSPS) is 21.9. The van der Waals surface area contributed by atoms with E-state index < -0.39 is 0 Å². The fourth-order valence-electron chi connectivity index (χ4n) is 2.38. The van der Waals surface area contributed by atoms with Crippen LogP contribution in [0.3, 0.4) is 0 Å². The summed E-state index contributed by atoms with van der Waals surface area (Å²) in [7, 11) is 2.25. The topological polar surface area (TPSA) is 28.2 Å². The number of likely N-dealkylation sites (N-methyl/N-ethyl adjacent to an activating group) is 1. The fourth-order valence-corrected chi connectivity index (χ4v) is 3.16. The third kappa shape index (κ3) is 4.05. The zero-order chi connectivity index (χ0) is 12.1. The number of aromatic nitrogens is 1. The highest BCUT2D eigenvalue weighted by Gasteiger charge is 2.17. The van der Waals surface area contributed by atoms with Gasteiger partial charge in [0.05, 0.1) is 5.01 Å². The summed E-state index contributed by atoms with van der Waals surface area (Å²) in [5.74, 6) is 0. The SMILES string of the molecule is Cc1csc(CCNCC2CCCCN2C)n1. The smallest absolute Gasteiger partial charge is 0.0940 e. The van der Waals surface area contributed by atoms with Crippen LogP contribution < -0.4 is 5.32 Å². The van der Waals surface area contributed by atoms with E-state index in [1.165, 1.54) is 30.8 Å². The maximum absolute atomic E-state index is 4.48. The van der Waals surface area contributed by atoms with Gasteiger partial charge in [-0.2, -0.15) is 0 Å². The molecule has 4 heteroatoms. The molecule has 1 aliphatic heterocycles. The molecular formula is C13H23N3S. The number of hydrogen-bond acceptors (Lipinski definition) is 4. The van der Waals surface area contributed by atoms with E-state index in [1.54, 1.807) is 11.3 Å². The minimum atomic E-state index is 0.738. The Morgan fingerprint density at radius 2 is 2.41 bits per heavy atom. The molecule has 1 aromatic rings. The van der Waals surface area contributed by atoms with Crippen molar-refractivity contribution in [2.24, 2.45) is 0 Å². The number of thiazole rings is 1. The van der Waals surface area contributed by atoms with Crippen molar-refractivity contribution >= 4 is 11.3 Å². The van der Waals surface area contributed by atoms with Gasteiger partial charge in [-0.3, -0.25) is 0 Å². The molecule has 0 amide bonds. The number of nitrogens with zero attached hydrogens (tertiary/aromatic N) is 2. The van der Waals surface area contributed by atoms with Crippen LogP contribution in [-0.2, 0) is 6.42 Å². The molecule has 0 spiro atoms. The molecule has 1 atom stereocenters. The number of aryl methyl sites for hydroxylation is 1. The van der Waals surface area contributed by atoms with Gasteiger partial charge in [0.2, 0.25) is 0 Å². The van der Waals surface area contributed by atoms with Crippen molar-refractivity contribution in [3.05, 3.63) is 16.1 Å². The quantitative estimate of drug-likeness (QED) is 0.814. The highest BCUT2D eigenvalue weighted by Crippen LogP contribution is 2.14. The zero-order valence-electron chi connectivity index (χ0n) is 10.9. The van der Waals surface area contributed by atoms with Crippen LogP contribution in [0, 0.1) is 6.92 Å². The summed E-state index contributed by atoms with van der Waals surface area (Å²) in [6.07, 6.45) is 5.17. The molecular weight excluding hydrogens is 230 g/mol. The molecule has 0 radical (unpaired) electrons. The summed E-state index contributed by atoms with van der Waals surface area (Å²) in [4.78, 5) is 6.97. The van der Waals surface area contributed by atoms with Gasteiger partial charge < -0.3 is 10.2 Å². The molecule has 0 aliphatic carbocycles. The lowest BCUT2D eigenvalue weighted by Gasteiger charge is -2.32. The third-order valence-electron chi connectivity index (χ3n) is 3.48. The lowest BCUT2D eigenvalue weighted by Crippen LogP contribution is -2.43. The van der Waals surface area contributed by atoms with Crippen molar-refractivity contribution in [3.63, 3.8) is 0 Å². The summed E-state index contributed by atoms with van der Waals surface area (Å²) in [6.45, 7) is 5.50.